The summed E-state index contributed by atoms with van der Waals surface area (Å²) in [6, 6.07) is 10.8. The van der Waals surface area contributed by atoms with Crippen molar-refractivity contribution in [1.82, 2.24) is 15.5 Å². The number of guanidine groups is 1. The molecular weight excluding hydrogens is 463 g/mol. The zero-order chi connectivity index (χ0) is 19.3. The Morgan fingerprint density at radius 2 is 1.86 bits per heavy atom. The predicted molar refractivity (Wildman–Crippen MR) is 126 cm³/mol. The van der Waals surface area contributed by atoms with Crippen molar-refractivity contribution in [3.8, 4) is 0 Å². The first-order valence-corrected chi connectivity index (χ1v) is 10.3. The fourth-order valence-corrected chi connectivity index (χ4v) is 4.19. The molecule has 3 rings (SSSR count). The molecule has 1 aromatic carbocycles. The lowest BCUT2D eigenvalue weighted by molar-refractivity contribution is -0.134. The van der Waals surface area contributed by atoms with Crippen LogP contribution in [0.2, 0.25) is 0 Å². The standard InChI is InChI=1S/C22H34N4O.HI/c1-22(2,18-11-5-4-6-12-18)16-24-21(23-3)25-19-13-14-26(15-19)20(27)17-9-7-8-10-17;/h4-6,11-12,17,19H,7-10,13-16H2,1-3H3,(H2,23,24,25);1H. The number of nitrogens with one attached hydrogen (secondary N) is 2. The molecule has 0 radical (unpaired) electrons. The van der Waals surface area contributed by atoms with Crippen LogP contribution in [-0.4, -0.2) is 49.5 Å². The van der Waals surface area contributed by atoms with Crippen LogP contribution in [0.15, 0.2) is 35.3 Å². The second kappa shape index (κ2) is 10.5. The van der Waals surface area contributed by atoms with Crippen LogP contribution < -0.4 is 10.6 Å². The van der Waals surface area contributed by atoms with Gasteiger partial charge >= 0.3 is 0 Å². The van der Waals surface area contributed by atoms with Gasteiger partial charge in [-0.05, 0) is 24.8 Å². The molecule has 1 heterocycles. The molecule has 1 saturated carbocycles. The van der Waals surface area contributed by atoms with Crippen LogP contribution in [0, 0.1) is 5.92 Å². The molecule has 1 atom stereocenters. The van der Waals surface area contributed by atoms with Crippen molar-refractivity contribution in [1.29, 1.82) is 0 Å². The van der Waals surface area contributed by atoms with Crippen LogP contribution in [0.4, 0.5) is 0 Å². The minimum Gasteiger partial charge on any atom is -0.356 e. The monoisotopic (exact) mass is 498 g/mol. The van der Waals surface area contributed by atoms with Gasteiger partial charge in [-0.15, -0.1) is 24.0 Å². The molecule has 1 unspecified atom stereocenters. The molecule has 1 aromatic rings. The van der Waals surface area contributed by atoms with Gasteiger partial charge in [0.25, 0.3) is 0 Å². The van der Waals surface area contributed by atoms with E-state index in [-0.39, 0.29) is 41.4 Å². The number of aliphatic imine (C=N–C) groups is 1. The fourth-order valence-electron chi connectivity index (χ4n) is 4.19. The summed E-state index contributed by atoms with van der Waals surface area (Å²) in [4.78, 5) is 19.1. The molecule has 0 spiro atoms. The van der Waals surface area contributed by atoms with Gasteiger partial charge in [-0.3, -0.25) is 9.79 Å². The van der Waals surface area contributed by atoms with E-state index in [4.69, 9.17) is 0 Å². The number of hydrogen-bond acceptors (Lipinski definition) is 2. The molecule has 6 heteroatoms. The molecule has 156 valence electrons. The van der Waals surface area contributed by atoms with Gasteiger partial charge in [0.2, 0.25) is 5.91 Å². The topological polar surface area (TPSA) is 56.7 Å². The maximum absolute atomic E-state index is 12.6. The molecule has 2 N–H and O–H groups in total. The van der Waals surface area contributed by atoms with Crippen molar-refractivity contribution < 1.29 is 4.79 Å². The van der Waals surface area contributed by atoms with E-state index in [9.17, 15) is 4.79 Å². The van der Waals surface area contributed by atoms with Gasteiger partial charge in [0.1, 0.15) is 0 Å². The first-order chi connectivity index (χ1) is 13.0. The molecular formula is C22H35IN4O. The van der Waals surface area contributed by atoms with Crippen LogP contribution >= 0.6 is 24.0 Å². The van der Waals surface area contributed by atoms with E-state index < -0.39 is 0 Å². The Morgan fingerprint density at radius 1 is 1.18 bits per heavy atom. The van der Waals surface area contributed by atoms with Crippen LogP contribution in [0.25, 0.3) is 0 Å². The van der Waals surface area contributed by atoms with Gasteiger partial charge < -0.3 is 15.5 Å². The smallest absolute Gasteiger partial charge is 0.225 e. The zero-order valence-electron chi connectivity index (χ0n) is 17.4. The van der Waals surface area contributed by atoms with E-state index in [1.165, 1.54) is 18.4 Å². The summed E-state index contributed by atoms with van der Waals surface area (Å²) in [6.45, 7) is 6.92. The average molecular weight is 498 g/mol. The van der Waals surface area contributed by atoms with Gasteiger partial charge in [0.15, 0.2) is 5.96 Å². The molecule has 0 aromatic heterocycles. The van der Waals surface area contributed by atoms with Crippen LogP contribution in [0.1, 0.15) is 51.5 Å². The van der Waals surface area contributed by atoms with Crippen LogP contribution in [-0.2, 0) is 10.2 Å². The summed E-state index contributed by atoms with van der Waals surface area (Å²) in [7, 11) is 1.81. The summed E-state index contributed by atoms with van der Waals surface area (Å²) in [5, 5.41) is 6.98. The molecule has 28 heavy (non-hydrogen) atoms. The Labute approximate surface area is 186 Å². The van der Waals surface area contributed by atoms with Crippen molar-refractivity contribution >= 4 is 35.8 Å². The molecule has 2 aliphatic rings. The highest BCUT2D eigenvalue weighted by molar-refractivity contribution is 14.0. The van der Waals surface area contributed by atoms with Crippen molar-refractivity contribution in [3.63, 3.8) is 0 Å². The second-order valence-corrected chi connectivity index (χ2v) is 8.57. The first-order valence-electron chi connectivity index (χ1n) is 10.3. The maximum atomic E-state index is 12.6. The Balaban J connectivity index is 0.00000280. The van der Waals surface area contributed by atoms with Gasteiger partial charge in [0, 0.05) is 44.1 Å². The minimum absolute atomic E-state index is 0. The molecule has 0 bridgehead atoms. The van der Waals surface area contributed by atoms with Gasteiger partial charge in [0.05, 0.1) is 0 Å². The minimum atomic E-state index is 0. The highest BCUT2D eigenvalue weighted by Crippen LogP contribution is 2.28. The number of halogens is 1. The average Bonchev–Trinajstić information content (AvgIpc) is 3.37. The van der Waals surface area contributed by atoms with Crippen LogP contribution in [0.3, 0.4) is 0 Å². The lowest BCUT2D eigenvalue weighted by Crippen LogP contribution is -2.48. The third kappa shape index (κ3) is 5.84. The Bertz CT molecular complexity index is 656. The lowest BCUT2D eigenvalue weighted by Gasteiger charge is -2.27. The van der Waals surface area contributed by atoms with Crippen molar-refractivity contribution in [2.24, 2.45) is 10.9 Å². The number of rotatable bonds is 5. The van der Waals surface area contributed by atoms with Gasteiger partial charge in [-0.25, -0.2) is 0 Å². The Kier molecular flexibility index (Phi) is 8.58. The van der Waals surface area contributed by atoms with Crippen molar-refractivity contribution in [2.45, 2.75) is 57.4 Å². The zero-order valence-corrected chi connectivity index (χ0v) is 19.7. The molecule has 1 amide bonds. The molecule has 5 nitrogen and oxygen atoms in total. The quantitative estimate of drug-likeness (QED) is 0.371. The van der Waals surface area contributed by atoms with E-state index in [1.54, 1.807) is 7.05 Å². The fraction of sp³-hybridized carbons (Fsp3) is 0.636. The number of carbonyl (C=O) groups is 1. The first kappa shape index (κ1) is 23.0. The number of hydrogen-bond donors (Lipinski definition) is 2. The molecule has 1 aliphatic carbocycles. The van der Waals surface area contributed by atoms with Crippen molar-refractivity contribution in [3.05, 3.63) is 35.9 Å². The number of benzene rings is 1. The normalized spacial score (nSPS) is 20.8. The van der Waals surface area contributed by atoms with Gasteiger partial charge in [-0.2, -0.15) is 0 Å². The Morgan fingerprint density at radius 3 is 2.50 bits per heavy atom. The summed E-state index contributed by atoms with van der Waals surface area (Å²) in [5.74, 6) is 1.46. The second-order valence-electron chi connectivity index (χ2n) is 8.57. The SMILES string of the molecule is CN=C(NCC(C)(C)c1ccccc1)NC1CCN(C(=O)C2CCCC2)C1.I. The molecule has 1 saturated heterocycles. The van der Waals surface area contributed by atoms with E-state index in [1.807, 2.05) is 6.07 Å². The summed E-state index contributed by atoms with van der Waals surface area (Å²) >= 11 is 0. The number of likely N-dealkylation sites (tertiary alicyclic amines) is 1. The summed E-state index contributed by atoms with van der Waals surface area (Å²) in [6.07, 6.45) is 5.55. The van der Waals surface area contributed by atoms with E-state index in [0.717, 1.165) is 44.9 Å². The van der Waals surface area contributed by atoms with Gasteiger partial charge in [-0.1, -0.05) is 57.0 Å². The van der Waals surface area contributed by atoms with Crippen molar-refractivity contribution in [2.75, 3.05) is 26.7 Å². The third-order valence-electron chi connectivity index (χ3n) is 6.02. The summed E-state index contributed by atoms with van der Waals surface area (Å²) < 4.78 is 0. The number of carbonyl (C=O) groups excluding carboxylic acids is 1. The Hall–Kier alpha value is -1.31. The number of nitrogens with zero attached hydrogens (tertiary/aromatic N) is 2. The van der Waals surface area contributed by atoms with E-state index in [0.29, 0.717) is 5.91 Å². The highest BCUT2D eigenvalue weighted by Gasteiger charge is 2.32. The third-order valence-corrected chi connectivity index (χ3v) is 6.02. The highest BCUT2D eigenvalue weighted by atomic mass is 127. The molecule has 2 fully saturated rings. The largest absolute Gasteiger partial charge is 0.356 e. The predicted octanol–water partition coefficient (Wildman–Crippen LogP) is 3.54. The maximum Gasteiger partial charge on any atom is 0.225 e. The summed E-state index contributed by atoms with van der Waals surface area (Å²) in [5.41, 5.74) is 1.32. The molecule has 1 aliphatic heterocycles. The van der Waals surface area contributed by atoms with E-state index >= 15 is 0 Å². The lowest BCUT2D eigenvalue weighted by atomic mass is 9.85. The van der Waals surface area contributed by atoms with Crippen LogP contribution in [0.5, 0.6) is 0 Å². The van der Waals surface area contributed by atoms with E-state index in [2.05, 4.69) is 58.6 Å². The number of amides is 1.